The quantitative estimate of drug-likeness (QED) is 0.226. The Morgan fingerprint density at radius 1 is 0.933 bits per heavy atom. The van der Waals surface area contributed by atoms with E-state index in [-0.39, 0.29) is 50.3 Å². The van der Waals surface area contributed by atoms with Gasteiger partial charge >= 0.3 is 18.0 Å². The van der Waals surface area contributed by atoms with Gasteiger partial charge in [0.25, 0.3) is 0 Å². The van der Waals surface area contributed by atoms with E-state index < -0.39 is 114 Å². The molecule has 4 heterocycles. The van der Waals surface area contributed by atoms with E-state index in [2.05, 4.69) is 0 Å². The SMILES string of the molecule is CC[C@H]1OC(=O)[C@H](C)[C@@H](O[C@H]2C[C@@](C)(OC)[C@@H](OC(C)=O)[C@H](C)O2)[C@H](C)[C@@H](O[C@@H]2O[C@H](C)C[C@H](N(C)C)[C@H]2O)[C@](C)(OC)C[C@@H](C)C(=O)[C@H](C)[C@@H]2N(CCN)C(=O)O[C@@]21C. The van der Waals surface area contributed by atoms with Gasteiger partial charge in [-0.2, -0.15) is 0 Å². The van der Waals surface area contributed by atoms with Gasteiger partial charge in [-0.25, -0.2) is 4.79 Å². The predicted molar refractivity (Wildman–Crippen MR) is 218 cm³/mol. The first-order valence-corrected chi connectivity index (χ1v) is 21.6. The number of hydrogen-bond donors (Lipinski definition) is 2. The number of ketones is 1. The third-order valence-electron chi connectivity index (χ3n) is 13.7. The molecular weight excluding hydrogens is 782 g/mol. The number of likely N-dealkylation sites (N-methyl/N-ethyl adjacent to an activating group) is 1. The lowest BCUT2D eigenvalue weighted by molar-refractivity contribution is -0.320. The number of fused-ring (bicyclic) bond motifs is 1. The molecule has 0 aliphatic carbocycles. The molecule has 60 heavy (non-hydrogen) atoms. The molecule has 0 aromatic carbocycles. The standard InChI is InChI=1S/C43H75N3O14/c1-16-30-43(11)35(46(18-17-44)40(51)60-43)24(4)32(48)22(2)20-41(9,52-14)36(59-39-33(49)29(45(12)13)19-23(3)54-39)25(5)34(26(6)38(50)57-30)58-31-21-42(10,53-15)37(27(7)55-31)56-28(8)47/h22-27,29-31,33-37,39,49H,16-21,44H2,1-15H3/t22-,23-,24+,25+,26-,27+,29+,30-,31+,33-,34+,35+,36-,37+,39+,41-,42-,43-/m1/s1. The molecule has 4 fully saturated rings. The normalized spacial score (nSPS) is 44.8. The van der Waals surface area contributed by atoms with Crippen molar-refractivity contribution in [1.82, 2.24) is 9.80 Å². The number of hydrogen-bond acceptors (Lipinski definition) is 16. The first-order valence-electron chi connectivity index (χ1n) is 21.6. The van der Waals surface area contributed by atoms with E-state index in [1.807, 2.05) is 60.5 Å². The number of carbonyl (C=O) groups is 4. The molecule has 18 atom stereocenters. The summed E-state index contributed by atoms with van der Waals surface area (Å²) in [6.07, 6.45) is -7.45. The van der Waals surface area contributed by atoms with Crippen molar-refractivity contribution < 1.29 is 66.9 Å². The summed E-state index contributed by atoms with van der Waals surface area (Å²) in [5.74, 6) is -4.48. The smallest absolute Gasteiger partial charge is 0.410 e. The highest BCUT2D eigenvalue weighted by atomic mass is 16.7. The average molecular weight is 858 g/mol. The van der Waals surface area contributed by atoms with E-state index in [4.69, 9.17) is 48.4 Å². The van der Waals surface area contributed by atoms with Crippen LogP contribution in [0.5, 0.6) is 0 Å². The van der Waals surface area contributed by atoms with Crippen LogP contribution in [0.25, 0.3) is 0 Å². The lowest BCUT2D eigenvalue weighted by Gasteiger charge is -2.50. The van der Waals surface area contributed by atoms with Crippen molar-refractivity contribution in [3.63, 3.8) is 0 Å². The van der Waals surface area contributed by atoms with E-state index in [9.17, 15) is 24.3 Å². The second kappa shape index (κ2) is 19.9. The van der Waals surface area contributed by atoms with Crippen LogP contribution in [-0.4, -0.2) is 164 Å². The lowest BCUT2D eigenvalue weighted by Crippen LogP contribution is -2.62. The van der Waals surface area contributed by atoms with E-state index in [0.717, 1.165) is 0 Å². The highest BCUT2D eigenvalue weighted by molar-refractivity contribution is 5.85. The van der Waals surface area contributed by atoms with Gasteiger partial charge in [-0.1, -0.05) is 27.7 Å². The number of aliphatic hydroxyl groups excluding tert-OH is 1. The maximum atomic E-state index is 14.7. The number of ether oxygens (including phenoxy) is 9. The minimum absolute atomic E-state index is 0.115. The molecule has 17 heteroatoms. The van der Waals surface area contributed by atoms with Crippen molar-refractivity contribution in [2.75, 3.05) is 41.4 Å². The van der Waals surface area contributed by atoms with Crippen LogP contribution >= 0.6 is 0 Å². The Kier molecular flexibility index (Phi) is 16.7. The van der Waals surface area contributed by atoms with E-state index in [1.165, 1.54) is 26.0 Å². The number of carbonyl (C=O) groups excluding carboxylic acids is 4. The first kappa shape index (κ1) is 50.2. The van der Waals surface area contributed by atoms with Gasteiger partial charge in [-0.05, 0) is 74.9 Å². The second-order valence-corrected chi connectivity index (χ2v) is 18.5. The Bertz CT molecular complexity index is 1500. The van der Waals surface area contributed by atoms with Gasteiger partial charge in [0.2, 0.25) is 0 Å². The maximum Gasteiger partial charge on any atom is 0.410 e. The van der Waals surface area contributed by atoms with Crippen molar-refractivity contribution in [3.05, 3.63) is 0 Å². The Morgan fingerprint density at radius 3 is 2.10 bits per heavy atom. The molecule has 1 amide bonds. The van der Waals surface area contributed by atoms with Crippen LogP contribution in [0.15, 0.2) is 0 Å². The molecule has 0 saturated carbocycles. The Morgan fingerprint density at radius 2 is 1.55 bits per heavy atom. The van der Waals surface area contributed by atoms with Crippen molar-refractivity contribution >= 4 is 23.8 Å². The number of aliphatic hydroxyl groups is 1. The summed E-state index contributed by atoms with van der Waals surface area (Å²) in [4.78, 5) is 58.6. The number of amides is 1. The van der Waals surface area contributed by atoms with Crippen LogP contribution in [0.1, 0.15) is 102 Å². The zero-order chi connectivity index (χ0) is 45.2. The molecule has 0 aromatic heterocycles. The minimum Gasteiger partial charge on any atom is -0.458 e. The molecule has 4 aliphatic rings. The highest BCUT2D eigenvalue weighted by Crippen LogP contribution is 2.45. The highest BCUT2D eigenvalue weighted by Gasteiger charge is 2.61. The molecule has 17 nitrogen and oxygen atoms in total. The maximum absolute atomic E-state index is 14.7. The third-order valence-corrected chi connectivity index (χ3v) is 13.7. The number of nitrogens with zero attached hydrogens (tertiary/aromatic N) is 2. The fourth-order valence-electron chi connectivity index (χ4n) is 10.4. The molecule has 4 aliphatic heterocycles. The number of Topliss-reactive ketones (excluding diaryl/α,β-unsaturated/α-hetero) is 1. The molecule has 0 aromatic rings. The summed E-state index contributed by atoms with van der Waals surface area (Å²) in [5.41, 5.74) is 2.25. The largest absolute Gasteiger partial charge is 0.458 e. The molecule has 0 spiro atoms. The lowest BCUT2D eigenvalue weighted by atomic mass is 9.73. The van der Waals surface area contributed by atoms with E-state index in [0.29, 0.717) is 6.42 Å². The fraction of sp³-hybridized carbons (Fsp3) is 0.907. The van der Waals surface area contributed by atoms with Crippen molar-refractivity contribution in [1.29, 1.82) is 0 Å². The van der Waals surface area contributed by atoms with Crippen LogP contribution < -0.4 is 5.73 Å². The van der Waals surface area contributed by atoms with Crippen molar-refractivity contribution in [3.8, 4) is 0 Å². The zero-order valence-electron chi connectivity index (χ0n) is 38.6. The molecule has 0 bridgehead atoms. The second-order valence-electron chi connectivity index (χ2n) is 18.5. The number of methoxy groups -OCH3 is 2. The van der Waals surface area contributed by atoms with E-state index in [1.54, 1.807) is 27.7 Å². The third kappa shape index (κ3) is 10.1. The predicted octanol–water partition coefficient (Wildman–Crippen LogP) is 3.44. The van der Waals surface area contributed by atoms with Crippen LogP contribution in [0.3, 0.4) is 0 Å². The molecular formula is C43H75N3O14. The topological polar surface area (TPSA) is 204 Å². The molecule has 0 unspecified atom stereocenters. The Hall–Kier alpha value is -2.48. The van der Waals surface area contributed by atoms with E-state index >= 15 is 0 Å². The fourth-order valence-corrected chi connectivity index (χ4v) is 10.4. The van der Waals surface area contributed by atoms with Crippen LogP contribution in [0.2, 0.25) is 0 Å². The van der Waals surface area contributed by atoms with Crippen LogP contribution in [0, 0.1) is 23.7 Å². The van der Waals surface area contributed by atoms with Gasteiger partial charge in [0.15, 0.2) is 24.3 Å². The monoisotopic (exact) mass is 858 g/mol. The average Bonchev–Trinajstić information content (AvgIpc) is 3.44. The van der Waals surface area contributed by atoms with Gasteiger partial charge in [-0.3, -0.25) is 19.3 Å². The van der Waals surface area contributed by atoms with Crippen LogP contribution in [0.4, 0.5) is 4.79 Å². The number of cyclic esters (lactones) is 1. The van der Waals surface area contributed by atoms with Gasteiger partial charge in [0.1, 0.15) is 23.6 Å². The van der Waals surface area contributed by atoms with Crippen LogP contribution in [-0.2, 0) is 57.0 Å². The van der Waals surface area contributed by atoms with Gasteiger partial charge in [-0.15, -0.1) is 0 Å². The van der Waals surface area contributed by atoms with Gasteiger partial charge < -0.3 is 58.4 Å². The Balaban J connectivity index is 1.90. The Labute approximate surface area is 356 Å². The molecule has 4 rings (SSSR count). The van der Waals surface area contributed by atoms with Crippen molar-refractivity contribution in [2.45, 2.75) is 186 Å². The molecule has 3 N–H and O–H groups in total. The van der Waals surface area contributed by atoms with Gasteiger partial charge in [0, 0.05) is 64.4 Å². The molecule has 0 radical (unpaired) electrons. The summed E-state index contributed by atoms with van der Waals surface area (Å²) >= 11 is 0. The molecule has 346 valence electrons. The number of rotatable bonds is 11. The number of nitrogens with two attached hydrogens (primary N) is 1. The minimum atomic E-state index is -1.42. The van der Waals surface area contributed by atoms with Crippen molar-refractivity contribution in [2.24, 2.45) is 29.4 Å². The van der Waals surface area contributed by atoms with Gasteiger partial charge in [0.05, 0.1) is 42.0 Å². The first-order chi connectivity index (χ1) is 27.9. The summed E-state index contributed by atoms with van der Waals surface area (Å²) in [7, 11) is 6.82. The summed E-state index contributed by atoms with van der Waals surface area (Å²) in [6, 6.07) is -1.12. The summed E-state index contributed by atoms with van der Waals surface area (Å²) in [6.45, 7) is 19.6. The summed E-state index contributed by atoms with van der Waals surface area (Å²) in [5, 5.41) is 11.7. The number of esters is 2. The molecule has 4 saturated heterocycles. The summed E-state index contributed by atoms with van der Waals surface area (Å²) < 4.78 is 57.0. The zero-order valence-corrected chi connectivity index (χ0v) is 38.6.